The lowest BCUT2D eigenvalue weighted by Gasteiger charge is -2.30. The Morgan fingerprint density at radius 2 is 2.00 bits per heavy atom. The Balaban J connectivity index is 0.00000441. The highest BCUT2D eigenvalue weighted by molar-refractivity contribution is 7.89. The fraction of sp³-hybridized carbons (Fsp3) is 0.615. The SMILES string of the molecule is CNS(=O)(=O)c1ccc(C(=O)NC(C)(CN)CC(C)C)o1.Cl. The topological polar surface area (TPSA) is 114 Å². The van der Waals surface area contributed by atoms with Crippen molar-refractivity contribution >= 4 is 28.3 Å². The van der Waals surface area contributed by atoms with Crippen LogP contribution in [0.3, 0.4) is 0 Å². The van der Waals surface area contributed by atoms with Crippen LogP contribution in [0.15, 0.2) is 21.6 Å². The van der Waals surface area contributed by atoms with Crippen molar-refractivity contribution in [3.8, 4) is 0 Å². The van der Waals surface area contributed by atoms with Crippen molar-refractivity contribution in [2.75, 3.05) is 13.6 Å². The fourth-order valence-electron chi connectivity index (χ4n) is 2.11. The van der Waals surface area contributed by atoms with Crippen LogP contribution in [0.5, 0.6) is 0 Å². The van der Waals surface area contributed by atoms with Crippen molar-refractivity contribution in [2.45, 2.75) is 37.8 Å². The summed E-state index contributed by atoms with van der Waals surface area (Å²) in [6.45, 7) is 6.19. The quantitative estimate of drug-likeness (QED) is 0.679. The molecule has 0 fully saturated rings. The van der Waals surface area contributed by atoms with Crippen molar-refractivity contribution in [3.05, 3.63) is 17.9 Å². The molecule has 4 N–H and O–H groups in total. The van der Waals surface area contributed by atoms with Gasteiger partial charge in [-0.2, -0.15) is 0 Å². The van der Waals surface area contributed by atoms with E-state index < -0.39 is 21.5 Å². The highest BCUT2D eigenvalue weighted by Gasteiger charge is 2.28. The molecule has 1 atom stereocenters. The fourth-order valence-corrected chi connectivity index (χ4v) is 2.76. The Morgan fingerprint density at radius 1 is 1.41 bits per heavy atom. The first-order valence-electron chi connectivity index (χ1n) is 6.69. The molecule has 128 valence electrons. The van der Waals surface area contributed by atoms with Gasteiger partial charge >= 0.3 is 0 Å². The molecule has 7 nitrogen and oxygen atoms in total. The molecule has 0 saturated carbocycles. The minimum Gasteiger partial charge on any atom is -0.438 e. The molecule has 0 aliphatic rings. The smallest absolute Gasteiger partial charge is 0.287 e. The molecule has 0 saturated heterocycles. The van der Waals surface area contributed by atoms with Crippen LogP contribution >= 0.6 is 12.4 Å². The second-order valence-corrected chi connectivity index (χ2v) is 7.46. The van der Waals surface area contributed by atoms with Gasteiger partial charge in [-0.3, -0.25) is 4.79 Å². The lowest BCUT2D eigenvalue weighted by Crippen LogP contribution is -2.52. The lowest BCUT2D eigenvalue weighted by atomic mass is 9.90. The molecule has 1 rings (SSSR count). The van der Waals surface area contributed by atoms with E-state index in [1.54, 1.807) is 0 Å². The standard InChI is InChI=1S/C13H23N3O4S.ClH/c1-9(2)7-13(3,8-14)16-12(17)10-5-6-11(20-10)21(18,19)15-4;/h5-6,9,15H,7-8,14H2,1-4H3,(H,16,17);1H. The number of halogens is 1. The normalized spacial score (nSPS) is 14.3. The molecule has 22 heavy (non-hydrogen) atoms. The molecule has 0 aliphatic carbocycles. The van der Waals surface area contributed by atoms with Crippen LogP contribution in [-0.2, 0) is 10.0 Å². The third kappa shape index (κ3) is 5.28. The predicted octanol–water partition coefficient (Wildman–Crippen LogP) is 1.10. The molecule has 0 aromatic carbocycles. The maximum absolute atomic E-state index is 12.2. The van der Waals surface area contributed by atoms with Gasteiger partial charge in [-0.1, -0.05) is 13.8 Å². The summed E-state index contributed by atoms with van der Waals surface area (Å²) in [7, 11) is -2.43. The third-order valence-corrected chi connectivity index (χ3v) is 4.35. The number of sulfonamides is 1. The van der Waals surface area contributed by atoms with Crippen LogP contribution in [0.1, 0.15) is 37.7 Å². The number of carbonyl (C=O) groups excluding carboxylic acids is 1. The Morgan fingerprint density at radius 3 is 2.45 bits per heavy atom. The molecule has 1 aromatic rings. The van der Waals surface area contributed by atoms with Gasteiger partial charge in [0.25, 0.3) is 15.9 Å². The number of amides is 1. The van der Waals surface area contributed by atoms with Crippen LogP contribution in [-0.4, -0.2) is 33.5 Å². The van der Waals surface area contributed by atoms with Crippen LogP contribution in [0.25, 0.3) is 0 Å². The first-order valence-corrected chi connectivity index (χ1v) is 8.18. The van der Waals surface area contributed by atoms with Gasteiger partial charge in [0.05, 0.1) is 5.54 Å². The summed E-state index contributed by atoms with van der Waals surface area (Å²) in [5, 5.41) is 2.50. The van der Waals surface area contributed by atoms with Gasteiger partial charge in [0.1, 0.15) is 0 Å². The summed E-state index contributed by atoms with van der Waals surface area (Å²) in [5.41, 5.74) is 5.16. The Labute approximate surface area is 137 Å². The van der Waals surface area contributed by atoms with Crippen LogP contribution < -0.4 is 15.8 Å². The monoisotopic (exact) mass is 353 g/mol. The molecule has 1 unspecified atom stereocenters. The van der Waals surface area contributed by atoms with Gasteiger partial charge < -0.3 is 15.5 Å². The van der Waals surface area contributed by atoms with Crippen LogP contribution in [0.4, 0.5) is 0 Å². The largest absolute Gasteiger partial charge is 0.438 e. The van der Waals surface area contributed by atoms with Crippen molar-refractivity contribution in [3.63, 3.8) is 0 Å². The molecular formula is C13H24ClN3O4S. The lowest BCUT2D eigenvalue weighted by molar-refractivity contribution is 0.0864. The number of furan rings is 1. The summed E-state index contributed by atoms with van der Waals surface area (Å²) in [4.78, 5) is 12.2. The summed E-state index contributed by atoms with van der Waals surface area (Å²) in [6, 6.07) is 2.56. The van der Waals surface area contributed by atoms with Crippen LogP contribution in [0.2, 0.25) is 0 Å². The first-order chi connectivity index (χ1) is 9.63. The van der Waals surface area contributed by atoms with E-state index in [-0.39, 0.29) is 29.8 Å². The number of rotatable bonds is 7. The maximum Gasteiger partial charge on any atom is 0.287 e. The molecule has 0 bridgehead atoms. The second-order valence-electron chi connectivity index (χ2n) is 5.64. The van der Waals surface area contributed by atoms with Gasteiger partial charge in [-0.05, 0) is 38.4 Å². The van der Waals surface area contributed by atoms with Crippen molar-refractivity contribution in [1.82, 2.24) is 10.0 Å². The van der Waals surface area contributed by atoms with Gasteiger partial charge in [0.2, 0.25) is 5.09 Å². The van der Waals surface area contributed by atoms with E-state index in [9.17, 15) is 13.2 Å². The zero-order valence-electron chi connectivity index (χ0n) is 13.2. The summed E-state index contributed by atoms with van der Waals surface area (Å²) >= 11 is 0. The van der Waals surface area contributed by atoms with E-state index in [2.05, 4.69) is 10.0 Å². The third-order valence-electron chi connectivity index (χ3n) is 3.06. The first kappa shape index (κ1) is 20.9. The van der Waals surface area contributed by atoms with Gasteiger partial charge in [-0.15, -0.1) is 12.4 Å². The second kappa shape index (κ2) is 7.96. The molecule has 0 spiro atoms. The minimum absolute atomic E-state index is 0. The molecule has 1 heterocycles. The average molecular weight is 354 g/mol. The highest BCUT2D eigenvalue weighted by Crippen LogP contribution is 2.18. The molecule has 1 amide bonds. The van der Waals surface area contributed by atoms with Gasteiger partial charge in [-0.25, -0.2) is 13.1 Å². The van der Waals surface area contributed by atoms with Crippen molar-refractivity contribution in [2.24, 2.45) is 11.7 Å². The van der Waals surface area contributed by atoms with Gasteiger partial charge in [0, 0.05) is 6.54 Å². The van der Waals surface area contributed by atoms with Gasteiger partial charge in [0.15, 0.2) is 5.76 Å². The van der Waals surface area contributed by atoms with Crippen LogP contribution in [0, 0.1) is 5.92 Å². The van der Waals surface area contributed by atoms with E-state index in [0.717, 1.165) is 0 Å². The summed E-state index contributed by atoms with van der Waals surface area (Å²) in [5.74, 6) is -0.191. The number of nitrogens with one attached hydrogen (secondary N) is 2. The number of hydrogen-bond acceptors (Lipinski definition) is 5. The van der Waals surface area contributed by atoms with Crippen molar-refractivity contribution in [1.29, 1.82) is 0 Å². The minimum atomic E-state index is -3.70. The highest BCUT2D eigenvalue weighted by atomic mass is 35.5. The molecule has 1 aromatic heterocycles. The Kier molecular flexibility index (Phi) is 7.56. The summed E-state index contributed by atoms with van der Waals surface area (Å²) < 4.78 is 30.3. The van der Waals surface area contributed by atoms with E-state index in [1.807, 2.05) is 20.8 Å². The number of nitrogens with two attached hydrogens (primary N) is 1. The zero-order chi connectivity index (χ0) is 16.3. The zero-order valence-corrected chi connectivity index (χ0v) is 14.8. The number of hydrogen-bond donors (Lipinski definition) is 3. The van der Waals surface area contributed by atoms with E-state index in [0.29, 0.717) is 12.3 Å². The van der Waals surface area contributed by atoms with E-state index in [1.165, 1.54) is 19.2 Å². The number of carbonyl (C=O) groups is 1. The summed E-state index contributed by atoms with van der Waals surface area (Å²) in [6.07, 6.45) is 0.706. The average Bonchev–Trinajstić information content (AvgIpc) is 2.88. The molecule has 0 aliphatic heterocycles. The van der Waals surface area contributed by atoms with Crippen molar-refractivity contribution < 1.29 is 17.6 Å². The van der Waals surface area contributed by atoms with E-state index in [4.69, 9.17) is 10.2 Å². The van der Waals surface area contributed by atoms with E-state index >= 15 is 0 Å². The Hall–Kier alpha value is -1.09. The maximum atomic E-state index is 12.2. The molecule has 9 heteroatoms. The predicted molar refractivity (Wildman–Crippen MR) is 86.6 cm³/mol. The molecular weight excluding hydrogens is 330 g/mol. The Bertz CT molecular complexity index is 600. The molecule has 0 radical (unpaired) electrons.